The van der Waals surface area contributed by atoms with Gasteiger partial charge in [0.05, 0.1) is 31.2 Å². The molecule has 2 saturated heterocycles. The molecule has 2 aromatic rings. The summed E-state index contributed by atoms with van der Waals surface area (Å²) in [5.41, 5.74) is 0.278. The number of nitrogens with zero attached hydrogens (tertiary/aromatic N) is 3. The molecular weight excluding hydrogens is 366 g/mol. The fourth-order valence-corrected chi connectivity index (χ4v) is 2.90. The third kappa shape index (κ3) is 4.04. The van der Waals surface area contributed by atoms with Crippen molar-refractivity contribution in [2.75, 3.05) is 26.3 Å². The van der Waals surface area contributed by atoms with E-state index in [4.69, 9.17) is 14.2 Å². The van der Waals surface area contributed by atoms with Crippen molar-refractivity contribution in [1.82, 2.24) is 14.9 Å². The molecule has 1 N–H and O–H groups in total. The highest BCUT2D eigenvalue weighted by Crippen LogP contribution is 2.28. The molecule has 9 heteroatoms. The number of hydrogen-bond donors (Lipinski definition) is 1. The molecule has 3 heterocycles. The van der Waals surface area contributed by atoms with Crippen LogP contribution in [0, 0.1) is 0 Å². The first-order valence-electron chi connectivity index (χ1n) is 9.00. The summed E-state index contributed by atoms with van der Waals surface area (Å²) in [5, 5.41) is 9.33. The molecule has 1 aromatic carbocycles. The first-order chi connectivity index (χ1) is 13.6. The van der Waals surface area contributed by atoms with Crippen LogP contribution in [-0.4, -0.2) is 64.3 Å². The summed E-state index contributed by atoms with van der Waals surface area (Å²) in [7, 11) is 0. The van der Waals surface area contributed by atoms with Crippen molar-refractivity contribution >= 4 is 11.9 Å². The Kier molecular flexibility index (Phi) is 5.07. The number of amides is 1. The van der Waals surface area contributed by atoms with Gasteiger partial charge >= 0.3 is 5.97 Å². The molecule has 1 amide bonds. The molecule has 4 rings (SSSR count). The molecule has 1 aromatic heterocycles. The fourth-order valence-electron chi connectivity index (χ4n) is 2.90. The number of hydrogen-bond acceptors (Lipinski definition) is 7. The average Bonchev–Trinajstić information content (AvgIpc) is 3.13. The van der Waals surface area contributed by atoms with Crippen LogP contribution in [0.1, 0.15) is 33.7 Å². The lowest BCUT2D eigenvalue weighted by atomic mass is 10.2. The smallest absolute Gasteiger partial charge is 0.335 e. The minimum Gasteiger partial charge on any atom is -0.488 e. The van der Waals surface area contributed by atoms with Gasteiger partial charge in [-0.2, -0.15) is 0 Å². The predicted molar refractivity (Wildman–Crippen MR) is 95.9 cm³/mol. The summed E-state index contributed by atoms with van der Waals surface area (Å²) >= 11 is 0. The lowest BCUT2D eigenvalue weighted by Gasteiger charge is -2.30. The monoisotopic (exact) mass is 385 g/mol. The van der Waals surface area contributed by atoms with Gasteiger partial charge in [-0.3, -0.25) is 4.79 Å². The van der Waals surface area contributed by atoms with Crippen molar-refractivity contribution in [3.8, 4) is 17.4 Å². The van der Waals surface area contributed by atoms with Crippen LogP contribution in [0.25, 0.3) is 0 Å². The second-order valence-corrected chi connectivity index (χ2v) is 6.59. The highest BCUT2D eigenvalue weighted by atomic mass is 16.5. The van der Waals surface area contributed by atoms with Gasteiger partial charge in [0, 0.05) is 25.6 Å². The molecule has 0 unspecified atom stereocenters. The molecule has 9 nitrogen and oxygen atoms in total. The standard InChI is InChI=1S/C19H19N3O6/c23-18(22-3-1-4-22)16-9-21-17(10-20-16)28-15-7-12(19(24)25)6-14(8-15)27-13-2-5-26-11-13/h6-10,13H,1-5,11H2,(H,24,25)/t13-/m0/s1. The Balaban J connectivity index is 1.50. The highest BCUT2D eigenvalue weighted by Gasteiger charge is 2.23. The Morgan fingerprint density at radius 1 is 1.14 bits per heavy atom. The Morgan fingerprint density at radius 3 is 2.57 bits per heavy atom. The number of carbonyl (C=O) groups excluding carboxylic acids is 1. The van der Waals surface area contributed by atoms with E-state index in [2.05, 4.69) is 9.97 Å². The van der Waals surface area contributed by atoms with Crippen LogP contribution in [-0.2, 0) is 4.74 Å². The predicted octanol–water partition coefficient (Wildman–Crippen LogP) is 1.98. The van der Waals surface area contributed by atoms with Crippen LogP contribution in [0.4, 0.5) is 0 Å². The van der Waals surface area contributed by atoms with Crippen molar-refractivity contribution in [3.63, 3.8) is 0 Å². The van der Waals surface area contributed by atoms with Gasteiger partial charge < -0.3 is 24.2 Å². The number of carboxylic acid groups (broad SMARTS) is 1. The van der Waals surface area contributed by atoms with Crippen LogP contribution in [0.5, 0.6) is 17.4 Å². The van der Waals surface area contributed by atoms with Gasteiger partial charge in [0.25, 0.3) is 5.91 Å². The molecule has 0 bridgehead atoms. The van der Waals surface area contributed by atoms with Crippen molar-refractivity contribution in [1.29, 1.82) is 0 Å². The van der Waals surface area contributed by atoms with Crippen molar-refractivity contribution in [3.05, 3.63) is 41.9 Å². The highest BCUT2D eigenvalue weighted by molar-refractivity contribution is 5.92. The number of rotatable bonds is 6. The minimum atomic E-state index is -1.10. The lowest BCUT2D eigenvalue weighted by molar-refractivity contribution is 0.0643. The van der Waals surface area contributed by atoms with E-state index in [1.54, 1.807) is 11.0 Å². The molecular formula is C19H19N3O6. The Labute approximate surface area is 160 Å². The van der Waals surface area contributed by atoms with Crippen LogP contribution >= 0.6 is 0 Å². The number of aromatic nitrogens is 2. The Bertz CT molecular complexity index is 876. The zero-order chi connectivity index (χ0) is 19.5. The maximum absolute atomic E-state index is 12.1. The molecule has 146 valence electrons. The number of aromatic carboxylic acids is 1. The second-order valence-electron chi connectivity index (χ2n) is 6.59. The maximum atomic E-state index is 12.1. The summed E-state index contributed by atoms with van der Waals surface area (Å²) in [5.74, 6) is -0.474. The van der Waals surface area contributed by atoms with E-state index < -0.39 is 5.97 Å². The van der Waals surface area contributed by atoms with E-state index in [1.165, 1.54) is 24.5 Å². The van der Waals surface area contributed by atoms with Crippen LogP contribution < -0.4 is 9.47 Å². The molecule has 0 aliphatic carbocycles. The number of benzene rings is 1. The van der Waals surface area contributed by atoms with Crippen LogP contribution in [0.15, 0.2) is 30.6 Å². The third-order valence-corrected chi connectivity index (χ3v) is 4.53. The van der Waals surface area contributed by atoms with Gasteiger partial charge in [-0.25, -0.2) is 14.8 Å². The van der Waals surface area contributed by atoms with Gasteiger partial charge in [0.1, 0.15) is 23.3 Å². The molecule has 1 atom stereocenters. The summed E-state index contributed by atoms with van der Waals surface area (Å²) in [6.45, 7) is 2.54. The Morgan fingerprint density at radius 2 is 1.96 bits per heavy atom. The first kappa shape index (κ1) is 18.2. The number of carboxylic acids is 1. The zero-order valence-corrected chi connectivity index (χ0v) is 15.0. The fraction of sp³-hybridized carbons (Fsp3) is 0.368. The molecule has 0 radical (unpaired) electrons. The summed E-state index contributed by atoms with van der Waals surface area (Å²) in [6, 6.07) is 4.40. The van der Waals surface area contributed by atoms with E-state index in [0.29, 0.717) is 19.0 Å². The van der Waals surface area contributed by atoms with Crippen molar-refractivity contribution in [2.24, 2.45) is 0 Å². The van der Waals surface area contributed by atoms with Crippen molar-refractivity contribution in [2.45, 2.75) is 18.9 Å². The summed E-state index contributed by atoms with van der Waals surface area (Å²) < 4.78 is 16.7. The minimum absolute atomic E-state index is 0.0314. The molecule has 2 aliphatic rings. The van der Waals surface area contributed by atoms with Gasteiger partial charge in [0.15, 0.2) is 0 Å². The molecule has 0 spiro atoms. The van der Waals surface area contributed by atoms with E-state index in [1.807, 2.05) is 0 Å². The SMILES string of the molecule is O=C(O)c1cc(Oc2cnc(C(=O)N3CCC3)cn2)cc(O[C@H]2CCOC2)c1. The zero-order valence-electron chi connectivity index (χ0n) is 15.0. The van der Waals surface area contributed by atoms with E-state index in [-0.39, 0.29) is 34.9 Å². The van der Waals surface area contributed by atoms with Gasteiger partial charge in [-0.1, -0.05) is 0 Å². The maximum Gasteiger partial charge on any atom is 0.335 e. The number of likely N-dealkylation sites (tertiary alicyclic amines) is 1. The molecule has 28 heavy (non-hydrogen) atoms. The van der Waals surface area contributed by atoms with Crippen LogP contribution in [0.2, 0.25) is 0 Å². The summed E-state index contributed by atoms with van der Waals surface area (Å²) in [4.78, 5) is 33.4. The van der Waals surface area contributed by atoms with Crippen LogP contribution in [0.3, 0.4) is 0 Å². The Hall–Kier alpha value is -3.20. The van der Waals surface area contributed by atoms with Gasteiger partial charge in [0.2, 0.25) is 5.88 Å². The third-order valence-electron chi connectivity index (χ3n) is 4.53. The van der Waals surface area contributed by atoms with Crippen molar-refractivity contribution < 1.29 is 28.9 Å². The lowest BCUT2D eigenvalue weighted by Crippen LogP contribution is -2.42. The number of ether oxygens (including phenoxy) is 3. The largest absolute Gasteiger partial charge is 0.488 e. The normalized spacial score (nSPS) is 18.4. The quantitative estimate of drug-likeness (QED) is 0.804. The second kappa shape index (κ2) is 7.81. The summed E-state index contributed by atoms with van der Waals surface area (Å²) in [6.07, 6.45) is 4.31. The van der Waals surface area contributed by atoms with Gasteiger partial charge in [-0.15, -0.1) is 0 Å². The van der Waals surface area contributed by atoms with Gasteiger partial charge in [-0.05, 0) is 18.6 Å². The number of carbonyl (C=O) groups is 2. The van der Waals surface area contributed by atoms with E-state index in [0.717, 1.165) is 25.9 Å². The molecule has 2 fully saturated rings. The van der Waals surface area contributed by atoms with E-state index >= 15 is 0 Å². The first-order valence-corrected chi connectivity index (χ1v) is 9.00. The average molecular weight is 385 g/mol. The topological polar surface area (TPSA) is 111 Å². The molecule has 0 saturated carbocycles. The van der Waals surface area contributed by atoms with E-state index in [9.17, 15) is 14.7 Å². The molecule has 2 aliphatic heterocycles.